The van der Waals surface area contributed by atoms with Crippen molar-refractivity contribution >= 4 is 29.3 Å². The summed E-state index contributed by atoms with van der Waals surface area (Å²) in [7, 11) is 0. The normalized spacial score (nSPS) is 11.3. The third kappa shape index (κ3) is 3.51. The van der Waals surface area contributed by atoms with Gasteiger partial charge in [0, 0.05) is 11.3 Å². The van der Waals surface area contributed by atoms with Crippen LogP contribution in [0.3, 0.4) is 0 Å². The summed E-state index contributed by atoms with van der Waals surface area (Å²) in [5, 5.41) is 0.660. The minimum atomic E-state index is -0.560. The van der Waals surface area contributed by atoms with E-state index >= 15 is 0 Å². The number of aromatic nitrogens is 1. The van der Waals surface area contributed by atoms with E-state index in [-0.39, 0.29) is 0 Å². The maximum Gasteiger partial charge on any atom is 0.338 e. The van der Waals surface area contributed by atoms with Crippen molar-refractivity contribution in [2.24, 2.45) is 0 Å². The average molecular weight is 318 g/mol. The molecule has 2 rings (SSSR count). The van der Waals surface area contributed by atoms with Gasteiger partial charge in [-0.1, -0.05) is 0 Å². The van der Waals surface area contributed by atoms with Crippen molar-refractivity contribution in [2.75, 3.05) is 5.73 Å². The van der Waals surface area contributed by atoms with Gasteiger partial charge in [-0.15, -0.1) is 11.3 Å². The monoisotopic (exact) mass is 318 g/mol. The molecule has 0 amide bonds. The van der Waals surface area contributed by atoms with Crippen molar-refractivity contribution in [3.8, 4) is 10.6 Å². The van der Waals surface area contributed by atoms with Crippen molar-refractivity contribution in [3.63, 3.8) is 0 Å². The molecule has 0 spiro atoms. The summed E-state index contributed by atoms with van der Waals surface area (Å²) in [5.41, 5.74) is 7.66. The summed E-state index contributed by atoms with van der Waals surface area (Å²) < 4.78 is 5.31. The highest BCUT2D eigenvalue weighted by atomic mass is 32.1. The van der Waals surface area contributed by atoms with Gasteiger partial charge in [-0.3, -0.25) is 4.79 Å². The first kappa shape index (κ1) is 16.2. The first-order valence-electron chi connectivity index (χ1n) is 6.77. The van der Waals surface area contributed by atoms with E-state index in [0.29, 0.717) is 32.4 Å². The lowest BCUT2D eigenvalue weighted by molar-refractivity contribution is 0.00695. The molecule has 1 aromatic heterocycles. The van der Waals surface area contributed by atoms with Gasteiger partial charge in [-0.05, 0) is 45.9 Å². The average Bonchev–Trinajstić information content (AvgIpc) is 2.77. The summed E-state index contributed by atoms with van der Waals surface area (Å²) in [6, 6.07) is 4.94. The van der Waals surface area contributed by atoms with Crippen LogP contribution in [-0.2, 0) is 4.74 Å². The molecule has 0 atom stereocenters. The number of nitrogens with zero attached hydrogens (tertiary/aromatic N) is 1. The zero-order valence-corrected chi connectivity index (χ0v) is 13.8. The first-order chi connectivity index (χ1) is 10.2. The Morgan fingerprint density at radius 2 is 2.05 bits per heavy atom. The molecule has 2 N–H and O–H groups in total. The molecule has 0 aliphatic rings. The fourth-order valence-electron chi connectivity index (χ4n) is 1.85. The molecule has 22 heavy (non-hydrogen) atoms. The number of benzene rings is 1. The van der Waals surface area contributed by atoms with Crippen LogP contribution in [-0.4, -0.2) is 22.8 Å². The van der Waals surface area contributed by atoms with E-state index in [9.17, 15) is 9.59 Å². The molecular weight excluding hydrogens is 300 g/mol. The van der Waals surface area contributed by atoms with Crippen molar-refractivity contribution in [1.29, 1.82) is 0 Å². The van der Waals surface area contributed by atoms with Crippen LogP contribution in [0.1, 0.15) is 46.5 Å². The Labute approximate surface area is 133 Å². The summed E-state index contributed by atoms with van der Waals surface area (Å²) in [6.07, 6.45) is 0.780. The number of aldehydes is 1. The van der Waals surface area contributed by atoms with E-state index in [2.05, 4.69) is 4.98 Å². The zero-order chi connectivity index (χ0) is 16.5. The highest BCUT2D eigenvalue weighted by molar-refractivity contribution is 7.16. The molecule has 6 heteroatoms. The Balaban J connectivity index is 2.33. The Bertz CT molecular complexity index is 729. The third-order valence-electron chi connectivity index (χ3n) is 2.86. The summed E-state index contributed by atoms with van der Waals surface area (Å²) in [6.45, 7) is 7.20. The van der Waals surface area contributed by atoms with Crippen LogP contribution in [0, 0.1) is 6.92 Å². The maximum absolute atomic E-state index is 12.0. The number of thiazole rings is 1. The largest absolute Gasteiger partial charge is 0.456 e. The molecular formula is C16H18N2O3S. The standard InChI is InChI=1S/C16H18N2O3S/c1-9-13(8-19)22-14(18-9)11-6-5-10(7-12(11)17)15(20)21-16(2,3)4/h5-8H,17H2,1-4H3. The van der Waals surface area contributed by atoms with Gasteiger partial charge < -0.3 is 10.5 Å². The van der Waals surface area contributed by atoms with Gasteiger partial charge in [0.15, 0.2) is 6.29 Å². The number of hydrogen-bond donors (Lipinski definition) is 1. The van der Waals surface area contributed by atoms with E-state index in [4.69, 9.17) is 10.5 Å². The van der Waals surface area contributed by atoms with E-state index in [1.54, 1.807) is 25.1 Å². The molecule has 0 radical (unpaired) electrons. The van der Waals surface area contributed by atoms with Crippen LogP contribution in [0.5, 0.6) is 0 Å². The molecule has 0 aliphatic heterocycles. The van der Waals surface area contributed by atoms with Crippen molar-refractivity contribution in [1.82, 2.24) is 4.98 Å². The van der Waals surface area contributed by atoms with Crippen LogP contribution in [0.4, 0.5) is 5.69 Å². The lowest BCUT2D eigenvalue weighted by Gasteiger charge is -2.19. The van der Waals surface area contributed by atoms with Crippen molar-refractivity contribution < 1.29 is 14.3 Å². The zero-order valence-electron chi connectivity index (χ0n) is 13.0. The molecule has 1 aromatic carbocycles. The summed E-state index contributed by atoms with van der Waals surface area (Å²) in [4.78, 5) is 27.9. The molecule has 0 fully saturated rings. The number of esters is 1. The molecule has 1 heterocycles. The number of aryl methyl sites for hydroxylation is 1. The van der Waals surface area contributed by atoms with Gasteiger partial charge in [0.25, 0.3) is 0 Å². The molecule has 0 unspecified atom stereocenters. The Kier molecular flexibility index (Phi) is 4.32. The van der Waals surface area contributed by atoms with Gasteiger partial charge >= 0.3 is 5.97 Å². The highest BCUT2D eigenvalue weighted by Gasteiger charge is 2.19. The van der Waals surface area contributed by atoms with E-state index in [1.807, 2.05) is 20.8 Å². The topological polar surface area (TPSA) is 82.3 Å². The smallest absolute Gasteiger partial charge is 0.338 e. The lowest BCUT2D eigenvalue weighted by atomic mass is 10.1. The number of anilines is 1. The van der Waals surface area contributed by atoms with Crippen LogP contribution in [0.2, 0.25) is 0 Å². The predicted molar refractivity (Wildman–Crippen MR) is 87.3 cm³/mol. The van der Waals surface area contributed by atoms with Gasteiger partial charge in [0.05, 0.1) is 16.1 Å². The van der Waals surface area contributed by atoms with Crippen LogP contribution < -0.4 is 5.73 Å². The highest BCUT2D eigenvalue weighted by Crippen LogP contribution is 2.32. The summed E-state index contributed by atoms with van der Waals surface area (Å²) in [5.74, 6) is -0.422. The van der Waals surface area contributed by atoms with Crippen LogP contribution >= 0.6 is 11.3 Å². The quantitative estimate of drug-likeness (QED) is 0.532. The number of carbonyl (C=O) groups is 2. The van der Waals surface area contributed by atoms with Gasteiger partial charge in [0.1, 0.15) is 10.6 Å². The first-order valence-corrected chi connectivity index (χ1v) is 7.59. The molecule has 0 bridgehead atoms. The number of carbonyl (C=O) groups excluding carboxylic acids is 2. The second-order valence-corrected chi connectivity index (χ2v) is 6.92. The second-order valence-electron chi connectivity index (χ2n) is 5.89. The lowest BCUT2D eigenvalue weighted by Crippen LogP contribution is -2.23. The van der Waals surface area contributed by atoms with E-state index in [1.165, 1.54) is 11.3 Å². The van der Waals surface area contributed by atoms with Crippen LogP contribution in [0.25, 0.3) is 10.6 Å². The Morgan fingerprint density at radius 3 is 2.55 bits per heavy atom. The fourth-order valence-corrected chi connectivity index (χ4v) is 2.78. The van der Waals surface area contributed by atoms with Gasteiger partial charge in [-0.2, -0.15) is 0 Å². The van der Waals surface area contributed by atoms with Crippen molar-refractivity contribution in [3.05, 3.63) is 34.3 Å². The maximum atomic E-state index is 12.0. The Hall–Kier alpha value is -2.21. The molecule has 5 nitrogen and oxygen atoms in total. The van der Waals surface area contributed by atoms with E-state index < -0.39 is 11.6 Å². The molecule has 116 valence electrons. The number of nitrogens with two attached hydrogens (primary N) is 1. The van der Waals surface area contributed by atoms with Gasteiger partial charge in [-0.25, -0.2) is 9.78 Å². The minimum absolute atomic E-state index is 0.389. The number of nitrogen functional groups attached to an aromatic ring is 1. The SMILES string of the molecule is Cc1nc(-c2ccc(C(=O)OC(C)(C)C)cc2N)sc1C=O. The van der Waals surface area contributed by atoms with Crippen molar-refractivity contribution in [2.45, 2.75) is 33.3 Å². The number of rotatable bonds is 3. The second kappa shape index (κ2) is 5.88. The van der Waals surface area contributed by atoms with Crippen LogP contribution in [0.15, 0.2) is 18.2 Å². The number of ether oxygens (including phenoxy) is 1. The summed E-state index contributed by atoms with van der Waals surface area (Å²) >= 11 is 1.28. The van der Waals surface area contributed by atoms with E-state index in [0.717, 1.165) is 6.29 Å². The molecule has 0 saturated heterocycles. The molecule has 0 aliphatic carbocycles. The molecule has 0 saturated carbocycles. The Morgan fingerprint density at radius 1 is 1.36 bits per heavy atom. The number of hydrogen-bond acceptors (Lipinski definition) is 6. The third-order valence-corrected chi connectivity index (χ3v) is 3.97. The minimum Gasteiger partial charge on any atom is -0.456 e. The fraction of sp³-hybridized carbons (Fsp3) is 0.312. The molecule has 2 aromatic rings. The van der Waals surface area contributed by atoms with Gasteiger partial charge in [0.2, 0.25) is 0 Å². The predicted octanol–water partition coefficient (Wildman–Crippen LogP) is 3.47.